The van der Waals surface area contributed by atoms with E-state index in [1.54, 1.807) is 30.2 Å². The molecule has 1 N–H and O–H groups in total. The van der Waals surface area contributed by atoms with Crippen molar-refractivity contribution in [3.05, 3.63) is 46.0 Å². The molecule has 132 valence electrons. The van der Waals surface area contributed by atoms with Gasteiger partial charge < -0.3 is 14.6 Å². The first-order valence-electron chi connectivity index (χ1n) is 8.54. The first-order valence-corrected chi connectivity index (χ1v) is 8.54. The first kappa shape index (κ1) is 17.3. The number of nitrogens with one attached hydrogen (secondary N) is 1. The summed E-state index contributed by atoms with van der Waals surface area (Å²) in [7, 11) is 0. The fourth-order valence-electron chi connectivity index (χ4n) is 2.87. The molecule has 0 bridgehead atoms. The zero-order valence-electron chi connectivity index (χ0n) is 14.5. The maximum absolute atomic E-state index is 12.5. The van der Waals surface area contributed by atoms with Crippen LogP contribution in [0.4, 0.5) is 0 Å². The van der Waals surface area contributed by atoms with Crippen LogP contribution in [0.5, 0.6) is 0 Å². The maximum atomic E-state index is 12.5. The SMILES string of the molecule is CCCOC(C)C(=O)N1CCc2c(nc(-c3ccccn3)[nH]c2=O)C1. The van der Waals surface area contributed by atoms with Crippen LogP contribution in [-0.2, 0) is 22.5 Å². The van der Waals surface area contributed by atoms with E-state index in [1.807, 2.05) is 13.0 Å². The van der Waals surface area contributed by atoms with Crippen LogP contribution in [0.15, 0.2) is 29.2 Å². The number of carbonyl (C=O) groups is 1. The number of nitrogens with zero attached hydrogens (tertiary/aromatic N) is 3. The van der Waals surface area contributed by atoms with Gasteiger partial charge >= 0.3 is 0 Å². The Morgan fingerprint density at radius 1 is 1.44 bits per heavy atom. The minimum Gasteiger partial charge on any atom is -0.369 e. The standard InChI is InChI=1S/C18H22N4O3/c1-3-10-25-12(2)18(24)22-9-7-13-15(11-22)20-16(21-17(13)23)14-6-4-5-8-19-14/h4-6,8,12H,3,7,9-11H2,1-2H3,(H,20,21,23). The minimum absolute atomic E-state index is 0.0689. The molecule has 0 spiro atoms. The number of ether oxygens (including phenoxy) is 1. The lowest BCUT2D eigenvalue weighted by Crippen LogP contribution is -2.44. The Morgan fingerprint density at radius 3 is 3.00 bits per heavy atom. The summed E-state index contributed by atoms with van der Waals surface area (Å²) in [6.07, 6.45) is 2.52. The second kappa shape index (κ2) is 7.57. The van der Waals surface area contributed by atoms with Crippen molar-refractivity contribution in [3.8, 4) is 11.5 Å². The highest BCUT2D eigenvalue weighted by Crippen LogP contribution is 2.18. The fraction of sp³-hybridized carbons (Fsp3) is 0.444. The molecule has 0 aromatic carbocycles. The molecule has 3 rings (SSSR count). The molecular formula is C18H22N4O3. The summed E-state index contributed by atoms with van der Waals surface area (Å²) in [6.45, 7) is 5.14. The van der Waals surface area contributed by atoms with E-state index < -0.39 is 6.10 Å². The lowest BCUT2D eigenvalue weighted by molar-refractivity contribution is -0.143. The molecule has 1 amide bonds. The predicted octanol–water partition coefficient (Wildman–Crippen LogP) is 1.53. The zero-order valence-corrected chi connectivity index (χ0v) is 14.5. The molecule has 0 fully saturated rings. The molecule has 0 radical (unpaired) electrons. The van der Waals surface area contributed by atoms with Crippen LogP contribution in [0.25, 0.3) is 11.5 Å². The molecule has 1 aliphatic rings. The number of amides is 1. The molecule has 2 aromatic rings. The van der Waals surface area contributed by atoms with Gasteiger partial charge in [-0.15, -0.1) is 0 Å². The van der Waals surface area contributed by atoms with Crippen molar-refractivity contribution in [2.45, 2.75) is 39.3 Å². The summed E-state index contributed by atoms with van der Waals surface area (Å²) < 4.78 is 5.52. The number of fused-ring (bicyclic) bond motifs is 1. The van der Waals surface area contributed by atoms with Gasteiger partial charge in [0.05, 0.1) is 12.2 Å². The van der Waals surface area contributed by atoms with Gasteiger partial charge in [0.15, 0.2) is 5.82 Å². The summed E-state index contributed by atoms with van der Waals surface area (Å²) in [6, 6.07) is 5.43. The Labute approximate surface area is 146 Å². The van der Waals surface area contributed by atoms with Gasteiger partial charge in [-0.2, -0.15) is 0 Å². The number of aromatic nitrogens is 3. The normalized spacial score (nSPS) is 14.9. The van der Waals surface area contributed by atoms with Crippen LogP contribution in [-0.4, -0.2) is 45.0 Å². The Bertz CT molecular complexity index is 804. The van der Waals surface area contributed by atoms with Gasteiger partial charge in [-0.05, 0) is 31.9 Å². The third-order valence-electron chi connectivity index (χ3n) is 4.21. The number of pyridine rings is 1. The summed E-state index contributed by atoms with van der Waals surface area (Å²) in [4.78, 5) is 38.1. The average molecular weight is 342 g/mol. The maximum Gasteiger partial charge on any atom is 0.254 e. The van der Waals surface area contributed by atoms with Crippen molar-refractivity contribution in [3.63, 3.8) is 0 Å². The van der Waals surface area contributed by atoms with Crippen LogP contribution < -0.4 is 5.56 Å². The molecule has 0 aliphatic carbocycles. The van der Waals surface area contributed by atoms with E-state index >= 15 is 0 Å². The lowest BCUT2D eigenvalue weighted by atomic mass is 10.1. The molecular weight excluding hydrogens is 320 g/mol. The van der Waals surface area contributed by atoms with Crippen LogP contribution in [0.2, 0.25) is 0 Å². The number of rotatable bonds is 5. The van der Waals surface area contributed by atoms with Crippen molar-refractivity contribution >= 4 is 5.91 Å². The second-order valence-corrected chi connectivity index (χ2v) is 6.08. The van der Waals surface area contributed by atoms with Crippen molar-refractivity contribution in [2.75, 3.05) is 13.2 Å². The molecule has 25 heavy (non-hydrogen) atoms. The molecule has 2 aromatic heterocycles. The Hall–Kier alpha value is -2.54. The van der Waals surface area contributed by atoms with Crippen LogP contribution in [0.3, 0.4) is 0 Å². The largest absolute Gasteiger partial charge is 0.369 e. The van der Waals surface area contributed by atoms with Crippen molar-refractivity contribution in [1.82, 2.24) is 19.9 Å². The van der Waals surface area contributed by atoms with E-state index in [-0.39, 0.29) is 11.5 Å². The van der Waals surface area contributed by atoms with Gasteiger partial charge in [-0.1, -0.05) is 13.0 Å². The van der Waals surface area contributed by atoms with Crippen LogP contribution >= 0.6 is 0 Å². The molecule has 7 heteroatoms. The van der Waals surface area contributed by atoms with Gasteiger partial charge in [0, 0.05) is 24.9 Å². The van der Waals surface area contributed by atoms with Crippen molar-refractivity contribution in [1.29, 1.82) is 0 Å². The molecule has 3 heterocycles. The van der Waals surface area contributed by atoms with E-state index in [4.69, 9.17) is 4.74 Å². The van der Waals surface area contributed by atoms with E-state index in [0.29, 0.717) is 48.9 Å². The molecule has 0 saturated carbocycles. The Morgan fingerprint density at radius 2 is 2.28 bits per heavy atom. The average Bonchev–Trinajstić information content (AvgIpc) is 2.65. The summed E-state index contributed by atoms with van der Waals surface area (Å²) in [5.41, 5.74) is 1.72. The van der Waals surface area contributed by atoms with Gasteiger partial charge in [0.2, 0.25) is 0 Å². The second-order valence-electron chi connectivity index (χ2n) is 6.08. The molecule has 1 aliphatic heterocycles. The first-order chi connectivity index (χ1) is 12.1. The van der Waals surface area contributed by atoms with Gasteiger partial charge in [-0.3, -0.25) is 14.6 Å². The molecule has 1 unspecified atom stereocenters. The highest BCUT2D eigenvalue weighted by molar-refractivity contribution is 5.80. The number of aromatic amines is 1. The topological polar surface area (TPSA) is 88.2 Å². The quantitative estimate of drug-likeness (QED) is 0.890. The third-order valence-corrected chi connectivity index (χ3v) is 4.21. The summed E-state index contributed by atoms with van der Waals surface area (Å²) in [5.74, 6) is 0.356. The van der Waals surface area contributed by atoms with E-state index in [1.165, 1.54) is 0 Å². The monoisotopic (exact) mass is 342 g/mol. The van der Waals surface area contributed by atoms with Crippen LogP contribution in [0, 0.1) is 0 Å². The number of hydrogen-bond donors (Lipinski definition) is 1. The Balaban J connectivity index is 1.83. The van der Waals surface area contributed by atoms with E-state index in [2.05, 4.69) is 15.0 Å². The number of hydrogen-bond acceptors (Lipinski definition) is 5. The fourth-order valence-corrected chi connectivity index (χ4v) is 2.87. The number of carbonyl (C=O) groups excluding carboxylic acids is 1. The van der Waals surface area contributed by atoms with Crippen LogP contribution in [0.1, 0.15) is 31.5 Å². The minimum atomic E-state index is -0.487. The number of H-pyrrole nitrogens is 1. The highest BCUT2D eigenvalue weighted by Gasteiger charge is 2.27. The molecule has 7 nitrogen and oxygen atoms in total. The van der Waals surface area contributed by atoms with Gasteiger partial charge in [0.25, 0.3) is 11.5 Å². The Kier molecular flexibility index (Phi) is 5.23. The lowest BCUT2D eigenvalue weighted by Gasteiger charge is -2.30. The van der Waals surface area contributed by atoms with Gasteiger partial charge in [-0.25, -0.2) is 4.98 Å². The smallest absolute Gasteiger partial charge is 0.254 e. The predicted molar refractivity (Wildman–Crippen MR) is 92.9 cm³/mol. The molecule has 0 saturated heterocycles. The van der Waals surface area contributed by atoms with E-state index in [9.17, 15) is 9.59 Å². The van der Waals surface area contributed by atoms with Crippen molar-refractivity contribution < 1.29 is 9.53 Å². The summed E-state index contributed by atoms with van der Waals surface area (Å²) >= 11 is 0. The third kappa shape index (κ3) is 3.76. The summed E-state index contributed by atoms with van der Waals surface area (Å²) in [5, 5.41) is 0. The molecule has 1 atom stereocenters. The van der Waals surface area contributed by atoms with E-state index in [0.717, 1.165) is 6.42 Å². The van der Waals surface area contributed by atoms with Crippen molar-refractivity contribution in [2.24, 2.45) is 0 Å². The highest BCUT2D eigenvalue weighted by atomic mass is 16.5. The van der Waals surface area contributed by atoms with Gasteiger partial charge in [0.1, 0.15) is 11.8 Å². The zero-order chi connectivity index (χ0) is 17.8.